The highest BCUT2D eigenvalue weighted by Gasteiger charge is 2.29. The largest absolute Gasteiger partial charge is 0.324 e. The highest BCUT2D eigenvalue weighted by molar-refractivity contribution is 6.05. The van der Waals surface area contributed by atoms with Crippen molar-refractivity contribution < 1.29 is 9.59 Å². The van der Waals surface area contributed by atoms with E-state index in [0.29, 0.717) is 23.5 Å². The monoisotopic (exact) mass is 404 g/mol. The number of fused-ring (bicyclic) bond motifs is 1. The van der Waals surface area contributed by atoms with Crippen molar-refractivity contribution in [2.45, 2.75) is 25.9 Å². The van der Waals surface area contributed by atoms with Gasteiger partial charge in [-0.1, -0.05) is 35.5 Å². The molecule has 1 unspecified atom stereocenters. The molecule has 0 spiro atoms. The number of likely N-dealkylation sites (N-methyl/N-ethyl adjacent to an activating group) is 1. The van der Waals surface area contributed by atoms with Gasteiger partial charge in [0, 0.05) is 24.8 Å². The summed E-state index contributed by atoms with van der Waals surface area (Å²) in [5.74, 6) is -0.0209. The maximum absolute atomic E-state index is 13.0. The normalized spacial score (nSPS) is 16.0. The highest BCUT2D eigenvalue weighted by atomic mass is 16.2. The minimum Gasteiger partial charge on any atom is -0.324 e. The van der Waals surface area contributed by atoms with Crippen LogP contribution in [-0.4, -0.2) is 44.8 Å². The predicted molar refractivity (Wildman–Crippen MR) is 114 cm³/mol. The van der Waals surface area contributed by atoms with E-state index in [-0.39, 0.29) is 17.9 Å². The molecule has 2 amide bonds. The van der Waals surface area contributed by atoms with E-state index in [1.807, 2.05) is 32.2 Å². The minimum absolute atomic E-state index is 0.0819. The third-order valence-corrected chi connectivity index (χ3v) is 5.39. The van der Waals surface area contributed by atoms with E-state index in [4.69, 9.17) is 0 Å². The number of aryl methyl sites for hydroxylation is 2. The van der Waals surface area contributed by atoms with Crippen LogP contribution in [0.5, 0.6) is 0 Å². The third kappa shape index (κ3) is 4.08. The van der Waals surface area contributed by atoms with Gasteiger partial charge < -0.3 is 10.6 Å². The summed E-state index contributed by atoms with van der Waals surface area (Å²) in [4.78, 5) is 27.6. The average molecular weight is 404 g/mol. The molecule has 0 aliphatic carbocycles. The number of benzene rings is 2. The van der Waals surface area contributed by atoms with Gasteiger partial charge in [-0.2, -0.15) is 0 Å². The molecule has 2 N–H and O–H groups in total. The number of nitrogens with zero attached hydrogens (tertiary/aromatic N) is 4. The summed E-state index contributed by atoms with van der Waals surface area (Å²) in [6, 6.07) is 13.2. The molecule has 8 nitrogen and oxygen atoms in total. The van der Waals surface area contributed by atoms with E-state index in [2.05, 4.69) is 38.0 Å². The van der Waals surface area contributed by atoms with E-state index < -0.39 is 0 Å². The topological polar surface area (TPSA) is 92.1 Å². The molecule has 3 aromatic rings. The lowest BCUT2D eigenvalue weighted by atomic mass is 9.94. The number of rotatable bonds is 4. The quantitative estimate of drug-likeness (QED) is 0.697. The first-order valence-corrected chi connectivity index (χ1v) is 9.77. The molecule has 1 aliphatic rings. The molecule has 0 fully saturated rings. The van der Waals surface area contributed by atoms with Crippen LogP contribution in [0.15, 0.2) is 48.7 Å². The molecule has 0 saturated heterocycles. The molecule has 2 aromatic carbocycles. The fraction of sp³-hybridized carbons (Fsp3) is 0.273. The third-order valence-electron chi connectivity index (χ3n) is 5.39. The Morgan fingerprint density at radius 3 is 2.57 bits per heavy atom. The van der Waals surface area contributed by atoms with E-state index in [9.17, 15) is 9.59 Å². The molecule has 0 saturated carbocycles. The molecule has 1 atom stereocenters. The fourth-order valence-corrected chi connectivity index (χ4v) is 3.65. The molecule has 0 bridgehead atoms. The first kappa shape index (κ1) is 19.8. The molecule has 8 heteroatoms. The lowest BCUT2D eigenvalue weighted by Gasteiger charge is -2.33. The Hall–Kier alpha value is -3.52. The van der Waals surface area contributed by atoms with Crippen molar-refractivity contribution in [3.05, 3.63) is 70.9 Å². The maximum atomic E-state index is 13.0. The number of carbonyl (C=O) groups is 2. The van der Waals surface area contributed by atoms with E-state index in [1.165, 1.54) is 15.8 Å². The second-order valence-electron chi connectivity index (χ2n) is 7.65. The van der Waals surface area contributed by atoms with Crippen LogP contribution in [0.2, 0.25) is 0 Å². The Bertz CT molecular complexity index is 1110. The van der Waals surface area contributed by atoms with E-state index in [1.54, 1.807) is 25.4 Å². The summed E-state index contributed by atoms with van der Waals surface area (Å²) in [7, 11) is 3.68. The smallest absolute Gasteiger partial charge is 0.256 e. The second-order valence-corrected chi connectivity index (χ2v) is 7.65. The predicted octanol–water partition coefficient (Wildman–Crippen LogP) is 2.37. The van der Waals surface area contributed by atoms with Gasteiger partial charge in [0.1, 0.15) is 0 Å². The van der Waals surface area contributed by atoms with Crippen molar-refractivity contribution in [2.75, 3.05) is 17.7 Å². The molecular formula is C22H24N6O2. The zero-order valence-electron chi connectivity index (χ0n) is 17.2. The Balaban J connectivity index is 1.49. The zero-order chi connectivity index (χ0) is 21.3. The van der Waals surface area contributed by atoms with Gasteiger partial charge >= 0.3 is 0 Å². The maximum Gasteiger partial charge on any atom is 0.256 e. The lowest BCUT2D eigenvalue weighted by Crippen LogP contribution is -2.45. The van der Waals surface area contributed by atoms with Gasteiger partial charge in [0.25, 0.3) is 5.91 Å². The first-order chi connectivity index (χ1) is 14.4. The molecule has 1 aliphatic heterocycles. The van der Waals surface area contributed by atoms with Crippen LogP contribution in [0.3, 0.4) is 0 Å². The van der Waals surface area contributed by atoms with Crippen LogP contribution in [0.4, 0.5) is 11.5 Å². The Labute approximate surface area is 174 Å². The van der Waals surface area contributed by atoms with Gasteiger partial charge in [-0.25, -0.2) is 0 Å². The van der Waals surface area contributed by atoms with Crippen molar-refractivity contribution >= 4 is 23.3 Å². The molecular weight excluding hydrogens is 380 g/mol. The summed E-state index contributed by atoms with van der Waals surface area (Å²) in [5, 5.41) is 13.4. The van der Waals surface area contributed by atoms with E-state index in [0.717, 1.165) is 12.1 Å². The number of amides is 2. The number of aromatic nitrogens is 3. The summed E-state index contributed by atoms with van der Waals surface area (Å²) < 4.78 is 1.51. The van der Waals surface area contributed by atoms with Gasteiger partial charge in [0.15, 0.2) is 5.82 Å². The number of nitrogens with one attached hydrogen (secondary N) is 2. The average Bonchev–Trinajstić information content (AvgIpc) is 3.13. The molecule has 4 rings (SSSR count). The van der Waals surface area contributed by atoms with E-state index >= 15 is 0 Å². The second kappa shape index (κ2) is 8.08. The van der Waals surface area contributed by atoms with Crippen LogP contribution in [0.25, 0.3) is 0 Å². The van der Waals surface area contributed by atoms with Gasteiger partial charge in [-0.05, 0) is 49.2 Å². The van der Waals surface area contributed by atoms with Gasteiger partial charge in [-0.15, -0.1) is 5.10 Å². The van der Waals surface area contributed by atoms with Crippen molar-refractivity contribution in [2.24, 2.45) is 7.05 Å². The summed E-state index contributed by atoms with van der Waals surface area (Å²) in [6.07, 6.45) is 2.27. The molecule has 30 heavy (non-hydrogen) atoms. The Morgan fingerprint density at radius 1 is 1.07 bits per heavy atom. The Morgan fingerprint density at radius 2 is 1.83 bits per heavy atom. The van der Waals surface area contributed by atoms with Crippen LogP contribution in [0, 0.1) is 6.92 Å². The lowest BCUT2D eigenvalue weighted by molar-refractivity contribution is -0.121. The van der Waals surface area contributed by atoms with Gasteiger partial charge in [-0.3, -0.25) is 19.2 Å². The SMILES string of the molecule is Cc1ccc(C(=O)Nc2cn(C)nn2)cc1NC(=O)C1Cc2ccccc2CN1C. The number of hydrogen-bond donors (Lipinski definition) is 2. The number of carbonyl (C=O) groups excluding carboxylic acids is 2. The standard InChI is InChI=1S/C22H24N6O2/c1-14-8-9-16(21(29)24-20-13-28(3)26-25-20)10-18(14)23-22(30)19-11-15-6-4-5-7-17(15)12-27(19)2/h4-10,13,19H,11-12H2,1-3H3,(H,23,30)(H,24,29). The number of anilines is 2. The van der Waals surface area contributed by atoms with Crippen molar-refractivity contribution in [3.8, 4) is 0 Å². The highest BCUT2D eigenvalue weighted by Crippen LogP contribution is 2.24. The Kier molecular flexibility index (Phi) is 5.33. The summed E-state index contributed by atoms with van der Waals surface area (Å²) >= 11 is 0. The van der Waals surface area contributed by atoms with Crippen LogP contribution < -0.4 is 10.6 Å². The minimum atomic E-state index is -0.310. The molecule has 0 radical (unpaired) electrons. The first-order valence-electron chi connectivity index (χ1n) is 9.77. The summed E-state index contributed by atoms with van der Waals surface area (Å²) in [5.41, 5.74) is 4.40. The fourth-order valence-electron chi connectivity index (χ4n) is 3.65. The molecule has 1 aromatic heterocycles. The number of hydrogen-bond acceptors (Lipinski definition) is 5. The van der Waals surface area contributed by atoms with Crippen molar-refractivity contribution in [1.29, 1.82) is 0 Å². The molecule has 154 valence electrons. The summed E-state index contributed by atoms with van der Waals surface area (Å²) in [6.45, 7) is 2.63. The van der Waals surface area contributed by atoms with Gasteiger partial charge in [0.2, 0.25) is 5.91 Å². The van der Waals surface area contributed by atoms with Gasteiger partial charge in [0.05, 0.1) is 12.2 Å². The molecule has 2 heterocycles. The van der Waals surface area contributed by atoms with Crippen molar-refractivity contribution in [1.82, 2.24) is 19.9 Å². The van der Waals surface area contributed by atoms with Crippen LogP contribution >= 0.6 is 0 Å². The van der Waals surface area contributed by atoms with Crippen LogP contribution in [0.1, 0.15) is 27.0 Å². The van der Waals surface area contributed by atoms with Crippen molar-refractivity contribution in [3.63, 3.8) is 0 Å². The van der Waals surface area contributed by atoms with Crippen LogP contribution in [-0.2, 0) is 24.8 Å². The zero-order valence-corrected chi connectivity index (χ0v) is 17.2.